The summed E-state index contributed by atoms with van der Waals surface area (Å²) in [7, 11) is -4.09. The highest BCUT2D eigenvalue weighted by molar-refractivity contribution is 7.92. The summed E-state index contributed by atoms with van der Waals surface area (Å²) in [6, 6.07) is 18.8. The van der Waals surface area contributed by atoms with Gasteiger partial charge in [0, 0.05) is 13.1 Å². The second-order valence-electron chi connectivity index (χ2n) is 8.50. The number of nitrogens with zero attached hydrogens (tertiary/aromatic N) is 2. The van der Waals surface area contributed by atoms with Gasteiger partial charge in [0.2, 0.25) is 11.8 Å². The Hall–Kier alpha value is -3.07. The van der Waals surface area contributed by atoms with E-state index in [0.717, 1.165) is 9.87 Å². The molecule has 0 saturated heterocycles. The molecule has 0 radical (unpaired) electrons. The normalized spacial score (nSPS) is 12.0. The monoisotopic (exact) mass is 561 g/mol. The highest BCUT2D eigenvalue weighted by Crippen LogP contribution is 2.26. The van der Waals surface area contributed by atoms with E-state index in [9.17, 15) is 18.0 Å². The number of halogens is 2. The highest BCUT2D eigenvalue weighted by Gasteiger charge is 2.32. The van der Waals surface area contributed by atoms with Gasteiger partial charge < -0.3 is 10.2 Å². The summed E-state index contributed by atoms with van der Waals surface area (Å²) in [5.41, 5.74) is 1.92. The Balaban J connectivity index is 2.02. The van der Waals surface area contributed by atoms with E-state index in [2.05, 4.69) is 5.32 Å². The molecule has 0 aliphatic rings. The third-order valence-corrected chi connectivity index (χ3v) is 8.31. The van der Waals surface area contributed by atoms with E-state index < -0.39 is 28.5 Å². The summed E-state index contributed by atoms with van der Waals surface area (Å²) < 4.78 is 28.4. The molecule has 0 fully saturated rings. The Bertz CT molecular complexity index is 1350. The molecule has 10 heteroatoms. The van der Waals surface area contributed by atoms with Crippen molar-refractivity contribution in [3.63, 3.8) is 0 Å². The van der Waals surface area contributed by atoms with Crippen LogP contribution in [-0.4, -0.2) is 44.3 Å². The van der Waals surface area contributed by atoms with E-state index >= 15 is 0 Å². The lowest BCUT2D eigenvalue weighted by Crippen LogP contribution is -2.51. The third kappa shape index (κ3) is 7.03. The lowest BCUT2D eigenvalue weighted by molar-refractivity contribution is -0.139. The molecule has 0 spiro atoms. The number of nitrogens with one attached hydrogen (secondary N) is 1. The number of anilines is 1. The number of sulfonamides is 1. The average Bonchev–Trinajstić information content (AvgIpc) is 2.88. The molecule has 3 aromatic carbocycles. The van der Waals surface area contributed by atoms with Gasteiger partial charge in [-0.15, -0.1) is 0 Å². The molecule has 0 aliphatic heterocycles. The molecule has 0 aliphatic carbocycles. The second kappa shape index (κ2) is 12.4. The van der Waals surface area contributed by atoms with Crippen LogP contribution in [-0.2, 0) is 26.2 Å². The first-order chi connectivity index (χ1) is 17.5. The zero-order valence-electron chi connectivity index (χ0n) is 20.8. The van der Waals surface area contributed by atoms with Crippen molar-refractivity contribution in [3.05, 3.63) is 94.0 Å². The van der Waals surface area contributed by atoms with Crippen LogP contribution in [0, 0.1) is 6.92 Å². The van der Waals surface area contributed by atoms with Crippen LogP contribution in [0.1, 0.15) is 25.0 Å². The molecule has 7 nitrogen and oxygen atoms in total. The minimum absolute atomic E-state index is 0.0289. The molecular formula is C27H29Cl2N3O4S. The van der Waals surface area contributed by atoms with Gasteiger partial charge in [0.15, 0.2) is 0 Å². The van der Waals surface area contributed by atoms with Crippen molar-refractivity contribution < 1.29 is 18.0 Å². The summed E-state index contributed by atoms with van der Waals surface area (Å²) in [4.78, 5) is 27.9. The Kier molecular flexibility index (Phi) is 9.59. The Morgan fingerprint density at radius 3 is 2.19 bits per heavy atom. The molecule has 0 unspecified atom stereocenters. The van der Waals surface area contributed by atoms with Crippen LogP contribution in [0.3, 0.4) is 0 Å². The van der Waals surface area contributed by atoms with Gasteiger partial charge in [-0.05, 0) is 62.7 Å². The fraction of sp³-hybridized carbons (Fsp3) is 0.259. The molecule has 37 heavy (non-hydrogen) atoms. The van der Waals surface area contributed by atoms with Gasteiger partial charge in [-0.2, -0.15) is 0 Å². The van der Waals surface area contributed by atoms with Gasteiger partial charge in [0.1, 0.15) is 12.6 Å². The number of hydrogen-bond donors (Lipinski definition) is 1. The Labute approximate surface area is 228 Å². The molecule has 3 aromatic rings. The molecule has 3 rings (SSSR count). The number of carbonyl (C=O) groups is 2. The van der Waals surface area contributed by atoms with Crippen molar-refractivity contribution in [2.45, 2.75) is 38.3 Å². The molecule has 2 amide bonds. The predicted molar refractivity (Wildman–Crippen MR) is 147 cm³/mol. The van der Waals surface area contributed by atoms with E-state index in [1.807, 2.05) is 6.92 Å². The van der Waals surface area contributed by atoms with Crippen LogP contribution < -0.4 is 9.62 Å². The van der Waals surface area contributed by atoms with Crippen LogP contribution in [0.5, 0.6) is 0 Å². The molecule has 1 N–H and O–H groups in total. The second-order valence-corrected chi connectivity index (χ2v) is 11.2. The van der Waals surface area contributed by atoms with Gasteiger partial charge in [0.25, 0.3) is 10.0 Å². The van der Waals surface area contributed by atoms with Crippen LogP contribution in [0.25, 0.3) is 0 Å². The molecule has 196 valence electrons. The van der Waals surface area contributed by atoms with Crippen molar-refractivity contribution in [2.75, 3.05) is 17.4 Å². The minimum Gasteiger partial charge on any atom is -0.355 e. The number of amides is 2. The molecule has 0 aromatic heterocycles. The maximum atomic E-state index is 13.8. The van der Waals surface area contributed by atoms with Gasteiger partial charge in [-0.25, -0.2) is 8.42 Å². The van der Waals surface area contributed by atoms with Gasteiger partial charge >= 0.3 is 0 Å². The smallest absolute Gasteiger partial charge is 0.264 e. The van der Waals surface area contributed by atoms with Crippen molar-refractivity contribution in [3.8, 4) is 0 Å². The lowest BCUT2D eigenvalue weighted by atomic mass is 10.1. The van der Waals surface area contributed by atoms with E-state index in [-0.39, 0.29) is 17.3 Å². The first kappa shape index (κ1) is 28.5. The molecule has 0 bridgehead atoms. The van der Waals surface area contributed by atoms with Gasteiger partial charge in [-0.3, -0.25) is 13.9 Å². The number of likely N-dealkylation sites (N-methyl/N-ethyl adjacent to an activating group) is 1. The highest BCUT2D eigenvalue weighted by atomic mass is 35.5. The topological polar surface area (TPSA) is 86.8 Å². The third-order valence-electron chi connectivity index (χ3n) is 5.79. The van der Waals surface area contributed by atoms with Crippen LogP contribution in [0.4, 0.5) is 5.69 Å². The van der Waals surface area contributed by atoms with E-state index in [1.165, 1.54) is 17.0 Å². The van der Waals surface area contributed by atoms with Crippen LogP contribution >= 0.6 is 23.2 Å². The summed E-state index contributed by atoms with van der Waals surface area (Å²) >= 11 is 12.2. The zero-order chi connectivity index (χ0) is 27.2. The molecule has 0 heterocycles. The fourth-order valence-electron chi connectivity index (χ4n) is 3.70. The number of rotatable bonds is 10. The SMILES string of the molecule is CCNC(=O)[C@@H](C)N(Cc1ccc(Cl)c(Cl)c1)C(=O)CN(c1ccc(C)cc1)S(=O)(=O)c1ccccc1. The van der Waals surface area contributed by atoms with Gasteiger partial charge in [-0.1, -0.05) is 65.2 Å². The first-order valence-corrected chi connectivity index (χ1v) is 13.9. The predicted octanol–water partition coefficient (Wildman–Crippen LogP) is 5.05. The van der Waals surface area contributed by atoms with Crippen molar-refractivity contribution in [1.82, 2.24) is 10.2 Å². The van der Waals surface area contributed by atoms with E-state index in [1.54, 1.807) is 74.5 Å². The summed E-state index contributed by atoms with van der Waals surface area (Å²) in [6.45, 7) is 5.17. The fourth-order valence-corrected chi connectivity index (χ4v) is 5.45. The van der Waals surface area contributed by atoms with Crippen molar-refractivity contribution >= 4 is 50.7 Å². The molecule has 1 atom stereocenters. The number of benzene rings is 3. The minimum atomic E-state index is -4.09. The molecular weight excluding hydrogens is 533 g/mol. The van der Waals surface area contributed by atoms with Crippen LogP contribution in [0.15, 0.2) is 77.7 Å². The Morgan fingerprint density at radius 2 is 1.59 bits per heavy atom. The van der Waals surface area contributed by atoms with E-state index in [0.29, 0.717) is 27.8 Å². The van der Waals surface area contributed by atoms with Crippen LogP contribution in [0.2, 0.25) is 10.0 Å². The Morgan fingerprint density at radius 1 is 0.946 bits per heavy atom. The van der Waals surface area contributed by atoms with Crippen molar-refractivity contribution in [1.29, 1.82) is 0 Å². The maximum Gasteiger partial charge on any atom is 0.264 e. The standard InChI is InChI=1S/C27H29Cl2N3O4S/c1-4-30-27(34)20(3)31(17-21-12-15-24(28)25(29)16-21)26(33)18-32(22-13-10-19(2)11-14-22)37(35,36)23-8-6-5-7-9-23/h5-16,20H,4,17-18H2,1-3H3,(H,30,34)/t20-/m1/s1. The number of carbonyl (C=O) groups excluding carboxylic acids is 2. The zero-order valence-corrected chi connectivity index (χ0v) is 23.1. The number of hydrogen-bond acceptors (Lipinski definition) is 4. The quantitative estimate of drug-likeness (QED) is 0.375. The largest absolute Gasteiger partial charge is 0.355 e. The average molecular weight is 563 g/mol. The summed E-state index contributed by atoms with van der Waals surface area (Å²) in [5.74, 6) is -0.909. The summed E-state index contributed by atoms with van der Waals surface area (Å²) in [6.07, 6.45) is 0. The first-order valence-electron chi connectivity index (χ1n) is 11.7. The van der Waals surface area contributed by atoms with Crippen molar-refractivity contribution in [2.24, 2.45) is 0 Å². The summed E-state index contributed by atoms with van der Waals surface area (Å²) in [5, 5.41) is 3.39. The lowest BCUT2D eigenvalue weighted by Gasteiger charge is -2.32. The molecule has 0 saturated carbocycles. The van der Waals surface area contributed by atoms with Gasteiger partial charge in [0.05, 0.1) is 20.6 Å². The maximum absolute atomic E-state index is 13.8. The van der Waals surface area contributed by atoms with E-state index in [4.69, 9.17) is 23.2 Å². The number of aryl methyl sites for hydroxylation is 1.